The number of carbonyl (C=O) groups is 4. The molecule has 0 saturated heterocycles. The maximum Gasteiger partial charge on any atom is 0.340 e. The molecule has 0 bridgehead atoms. The largest absolute Gasteiger partial charge is 0.465 e. The van der Waals surface area contributed by atoms with E-state index in [-0.39, 0.29) is 53.7 Å². The first kappa shape index (κ1) is 32.1. The van der Waals surface area contributed by atoms with Crippen molar-refractivity contribution in [2.45, 2.75) is 60.9 Å². The van der Waals surface area contributed by atoms with Crippen LogP contribution >= 0.6 is 0 Å². The molecule has 1 unspecified atom stereocenters. The zero-order chi connectivity index (χ0) is 31.4. The van der Waals surface area contributed by atoms with Gasteiger partial charge in [-0.15, -0.1) is 0 Å². The summed E-state index contributed by atoms with van der Waals surface area (Å²) in [7, 11) is 0. The molecule has 0 saturated carbocycles. The van der Waals surface area contributed by atoms with Gasteiger partial charge in [0.2, 0.25) is 5.43 Å². The lowest BCUT2D eigenvalue weighted by atomic mass is 9.87. The molecular weight excluding hydrogens is 546 g/mol. The third-order valence-corrected chi connectivity index (χ3v) is 6.13. The van der Waals surface area contributed by atoms with Gasteiger partial charge in [0.25, 0.3) is 0 Å². The van der Waals surface area contributed by atoms with Gasteiger partial charge < -0.3 is 28.7 Å². The number of esters is 4. The summed E-state index contributed by atoms with van der Waals surface area (Å²) >= 11 is 0. The number of hydrogen-bond donors (Lipinski definition) is 1. The van der Waals surface area contributed by atoms with Crippen molar-refractivity contribution < 1.29 is 42.5 Å². The predicted molar refractivity (Wildman–Crippen MR) is 153 cm³/mol. The summed E-state index contributed by atoms with van der Waals surface area (Å²) in [6, 6.07) is 4.88. The lowest BCUT2D eigenvalue weighted by Crippen LogP contribution is -2.49. The van der Waals surface area contributed by atoms with E-state index in [4.69, 9.17) is 23.4 Å². The van der Waals surface area contributed by atoms with Crippen molar-refractivity contribution in [3.05, 3.63) is 55.8 Å². The van der Waals surface area contributed by atoms with E-state index in [1.54, 1.807) is 73.6 Å². The molecule has 2 aromatic rings. The van der Waals surface area contributed by atoms with Crippen molar-refractivity contribution >= 4 is 46.1 Å². The van der Waals surface area contributed by atoms with Gasteiger partial charge in [-0.05, 0) is 67.5 Å². The highest BCUT2D eigenvalue weighted by Gasteiger charge is 2.45. The highest BCUT2D eigenvalue weighted by Crippen LogP contribution is 2.33. The second-order valence-corrected chi connectivity index (χ2v) is 10.4. The van der Waals surface area contributed by atoms with Crippen LogP contribution in [0.25, 0.3) is 22.2 Å². The summed E-state index contributed by atoms with van der Waals surface area (Å²) < 4.78 is 27.5. The molecule has 42 heavy (non-hydrogen) atoms. The van der Waals surface area contributed by atoms with Crippen LogP contribution in [0.1, 0.15) is 54.0 Å². The summed E-state index contributed by atoms with van der Waals surface area (Å²) in [5.74, 6) is -6.09. The van der Waals surface area contributed by atoms with Gasteiger partial charge >= 0.3 is 23.9 Å². The van der Waals surface area contributed by atoms with Crippen LogP contribution in [-0.4, -0.2) is 55.8 Å². The van der Waals surface area contributed by atoms with Crippen molar-refractivity contribution in [2.24, 2.45) is 5.92 Å². The SMILES string of the molecule is CCOC(=O)C1=C(C(=O)OCC)C(C(=O)OCC)C(C(=O)OCC)=c2oc3ccc(C)cc3c(=O)c2=C1NC(C)(C)C. The number of ether oxygens (including phenoxy) is 4. The van der Waals surface area contributed by atoms with E-state index in [0.29, 0.717) is 0 Å². The number of rotatable bonds is 9. The zero-order valence-corrected chi connectivity index (χ0v) is 25.2. The Balaban J connectivity index is 2.86. The zero-order valence-electron chi connectivity index (χ0n) is 25.2. The molecule has 3 rings (SSSR count). The molecule has 0 spiro atoms. The van der Waals surface area contributed by atoms with Gasteiger partial charge in [0.1, 0.15) is 11.5 Å². The van der Waals surface area contributed by atoms with E-state index < -0.39 is 57.5 Å². The highest BCUT2D eigenvalue weighted by molar-refractivity contribution is 6.22. The van der Waals surface area contributed by atoms with Crippen LogP contribution < -0.4 is 21.4 Å². The molecule has 1 aliphatic carbocycles. The fourth-order valence-corrected chi connectivity index (χ4v) is 4.63. The molecular formula is C31H37NO10. The monoisotopic (exact) mass is 583 g/mol. The third-order valence-electron chi connectivity index (χ3n) is 6.13. The maximum absolute atomic E-state index is 14.3. The van der Waals surface area contributed by atoms with Crippen LogP contribution in [0, 0.1) is 12.8 Å². The van der Waals surface area contributed by atoms with Crippen molar-refractivity contribution in [3.63, 3.8) is 0 Å². The Labute approximate surface area is 243 Å². The van der Waals surface area contributed by atoms with E-state index >= 15 is 0 Å². The van der Waals surface area contributed by atoms with Gasteiger partial charge in [0, 0.05) is 5.54 Å². The van der Waals surface area contributed by atoms with E-state index in [1.165, 1.54) is 0 Å². The van der Waals surface area contributed by atoms with Gasteiger partial charge in [-0.25, -0.2) is 14.4 Å². The minimum Gasteiger partial charge on any atom is -0.465 e. The van der Waals surface area contributed by atoms with Gasteiger partial charge in [0.15, 0.2) is 5.42 Å². The Morgan fingerprint density at radius 1 is 0.833 bits per heavy atom. The Morgan fingerprint density at radius 3 is 1.93 bits per heavy atom. The molecule has 0 radical (unpaired) electrons. The van der Waals surface area contributed by atoms with Crippen LogP contribution in [0.5, 0.6) is 0 Å². The number of carbonyl (C=O) groups excluding carboxylic acids is 4. The summed E-state index contributed by atoms with van der Waals surface area (Å²) in [5, 5.41) is 3.05. The first-order valence-corrected chi connectivity index (χ1v) is 13.8. The molecule has 1 N–H and O–H groups in total. The number of aryl methyl sites for hydroxylation is 1. The number of fused-ring (bicyclic) bond motifs is 2. The first-order chi connectivity index (χ1) is 19.8. The van der Waals surface area contributed by atoms with E-state index in [0.717, 1.165) is 5.56 Å². The van der Waals surface area contributed by atoms with E-state index in [9.17, 15) is 24.0 Å². The minimum absolute atomic E-state index is 0.0991. The number of nitrogens with one attached hydrogen (secondary N) is 1. The molecule has 1 atom stereocenters. The molecule has 1 aromatic carbocycles. The molecule has 1 aliphatic rings. The summed E-state index contributed by atoms with van der Waals surface area (Å²) in [4.78, 5) is 69.3. The van der Waals surface area contributed by atoms with Gasteiger partial charge in [-0.3, -0.25) is 9.59 Å². The fourth-order valence-electron chi connectivity index (χ4n) is 4.63. The van der Waals surface area contributed by atoms with E-state index in [2.05, 4.69) is 5.32 Å². The van der Waals surface area contributed by atoms with Crippen molar-refractivity contribution in [1.29, 1.82) is 0 Å². The second-order valence-electron chi connectivity index (χ2n) is 10.4. The maximum atomic E-state index is 14.3. The molecule has 0 aliphatic heterocycles. The smallest absolute Gasteiger partial charge is 0.340 e. The van der Waals surface area contributed by atoms with Gasteiger partial charge in [-0.1, -0.05) is 11.6 Å². The Bertz CT molecular complexity index is 1640. The average Bonchev–Trinajstić information content (AvgIpc) is 3.01. The lowest BCUT2D eigenvalue weighted by molar-refractivity contribution is -0.150. The number of hydrogen-bond acceptors (Lipinski definition) is 11. The van der Waals surface area contributed by atoms with Crippen molar-refractivity contribution in [1.82, 2.24) is 5.32 Å². The van der Waals surface area contributed by atoms with E-state index in [1.807, 2.05) is 0 Å². The van der Waals surface area contributed by atoms with Crippen LogP contribution in [0.3, 0.4) is 0 Å². The Morgan fingerprint density at radius 2 is 1.38 bits per heavy atom. The number of benzene rings is 1. The summed E-state index contributed by atoms with van der Waals surface area (Å²) in [6.45, 7) is 12.8. The van der Waals surface area contributed by atoms with Crippen LogP contribution in [0.15, 0.2) is 38.6 Å². The molecule has 0 amide bonds. The van der Waals surface area contributed by atoms with Crippen molar-refractivity contribution in [2.75, 3.05) is 26.4 Å². The van der Waals surface area contributed by atoms with Crippen LogP contribution in [0.4, 0.5) is 0 Å². The molecule has 11 nitrogen and oxygen atoms in total. The molecule has 0 fully saturated rings. The van der Waals surface area contributed by atoms with Crippen LogP contribution in [-0.2, 0) is 38.1 Å². The second kappa shape index (κ2) is 13.1. The first-order valence-electron chi connectivity index (χ1n) is 13.8. The van der Waals surface area contributed by atoms with Gasteiger partial charge in [-0.2, -0.15) is 0 Å². The topological polar surface area (TPSA) is 147 Å². The third kappa shape index (κ3) is 6.40. The highest BCUT2D eigenvalue weighted by atomic mass is 16.5. The standard InChI is InChI=1S/C31H37NO10/c1-9-38-27(34)19-20(28(35)39-10-2)22(30(37)41-12-4)26-23(25(33)17-15-16(5)13-14-18(17)42-26)24(32-31(6,7)8)21(19)29(36)40-11-3/h13-15,20,32H,9-12H2,1-8H3. The Hall–Kier alpha value is -4.41. The van der Waals surface area contributed by atoms with Crippen molar-refractivity contribution in [3.8, 4) is 0 Å². The molecule has 1 heterocycles. The Kier molecular flexibility index (Phi) is 9.98. The summed E-state index contributed by atoms with van der Waals surface area (Å²) in [6.07, 6.45) is 0. The normalized spacial score (nSPS) is 15.1. The molecule has 11 heteroatoms. The van der Waals surface area contributed by atoms with Crippen LogP contribution in [0.2, 0.25) is 0 Å². The molecule has 226 valence electrons. The molecule has 1 aromatic heterocycles. The quantitative estimate of drug-likeness (QED) is 0.341. The minimum atomic E-state index is -1.87. The summed E-state index contributed by atoms with van der Waals surface area (Å²) in [5.41, 5.74) is -2.56. The lowest BCUT2D eigenvalue weighted by Gasteiger charge is -2.27. The predicted octanol–water partition coefficient (Wildman–Crippen LogP) is 1.93. The fraction of sp³-hybridized carbons (Fsp3) is 0.452. The average molecular weight is 584 g/mol. The van der Waals surface area contributed by atoms with Gasteiger partial charge in [0.05, 0.1) is 59.4 Å².